The summed E-state index contributed by atoms with van der Waals surface area (Å²) in [5.74, 6) is -0.0117. The third-order valence-corrected chi connectivity index (χ3v) is 5.67. The van der Waals surface area contributed by atoms with Crippen LogP contribution in [-0.2, 0) is 18.4 Å². The van der Waals surface area contributed by atoms with Gasteiger partial charge in [-0.25, -0.2) is 4.98 Å². The summed E-state index contributed by atoms with van der Waals surface area (Å²) in [5, 5.41) is 7.48. The van der Waals surface area contributed by atoms with Gasteiger partial charge < -0.3 is 15.0 Å². The van der Waals surface area contributed by atoms with Crippen LogP contribution in [0.3, 0.4) is 0 Å². The summed E-state index contributed by atoms with van der Waals surface area (Å²) in [6.45, 7) is 3.63. The van der Waals surface area contributed by atoms with Crippen LogP contribution >= 0.6 is 0 Å². The Hall–Kier alpha value is -3.73. The van der Waals surface area contributed by atoms with Crippen LogP contribution in [0.25, 0.3) is 10.9 Å². The normalized spacial score (nSPS) is 14.4. The van der Waals surface area contributed by atoms with Gasteiger partial charge in [0.2, 0.25) is 11.8 Å². The lowest BCUT2D eigenvalue weighted by molar-refractivity contribution is -0.121. The number of para-hydroxylation sites is 1. The first-order valence-electron chi connectivity index (χ1n) is 10.8. The highest BCUT2D eigenvalue weighted by Crippen LogP contribution is 2.18. The lowest BCUT2D eigenvalue weighted by Gasteiger charge is -2.34. The summed E-state index contributed by atoms with van der Waals surface area (Å²) in [6.07, 6.45) is 3.07. The van der Waals surface area contributed by atoms with Crippen molar-refractivity contribution < 1.29 is 14.3 Å². The van der Waals surface area contributed by atoms with Gasteiger partial charge >= 0.3 is 0 Å². The number of methoxy groups -OCH3 is 1. The van der Waals surface area contributed by atoms with Crippen LogP contribution in [0.15, 0.2) is 41.6 Å². The molecule has 1 aliphatic rings. The van der Waals surface area contributed by atoms with Gasteiger partial charge in [-0.2, -0.15) is 0 Å². The smallest absolute Gasteiger partial charge is 0.261 e. The highest BCUT2D eigenvalue weighted by atomic mass is 16.5. The molecule has 1 aromatic carbocycles. The van der Waals surface area contributed by atoms with Crippen LogP contribution in [-0.4, -0.2) is 87.3 Å². The zero-order chi connectivity index (χ0) is 23.4. The van der Waals surface area contributed by atoms with Gasteiger partial charge in [0.15, 0.2) is 0 Å². The van der Waals surface area contributed by atoms with E-state index in [0.717, 1.165) is 0 Å². The summed E-state index contributed by atoms with van der Waals surface area (Å²) in [7, 11) is 3.25. The quantitative estimate of drug-likeness (QED) is 0.523. The van der Waals surface area contributed by atoms with E-state index in [0.29, 0.717) is 61.6 Å². The Bertz CT molecular complexity index is 1210. The van der Waals surface area contributed by atoms with Crippen molar-refractivity contribution in [1.29, 1.82) is 0 Å². The van der Waals surface area contributed by atoms with E-state index < -0.39 is 0 Å². The maximum Gasteiger partial charge on any atom is 0.261 e. The monoisotopic (exact) mass is 453 g/mol. The Kier molecular flexibility index (Phi) is 6.68. The first-order valence-corrected chi connectivity index (χ1v) is 10.8. The van der Waals surface area contributed by atoms with E-state index in [1.54, 1.807) is 41.0 Å². The maximum absolute atomic E-state index is 12.8. The number of ether oxygens (including phenoxy) is 1. The third kappa shape index (κ3) is 5.03. The van der Waals surface area contributed by atoms with Gasteiger partial charge in [0.25, 0.3) is 11.5 Å². The van der Waals surface area contributed by atoms with Crippen LogP contribution in [0.4, 0.5) is 0 Å². The molecular formula is C22H27N7O4. The predicted octanol–water partition coefficient (Wildman–Crippen LogP) is -0.287. The van der Waals surface area contributed by atoms with Crippen molar-refractivity contribution in [3.8, 4) is 5.88 Å². The van der Waals surface area contributed by atoms with E-state index in [1.807, 2.05) is 6.07 Å². The predicted molar refractivity (Wildman–Crippen MR) is 121 cm³/mol. The molecule has 3 aromatic rings. The number of piperazine rings is 1. The van der Waals surface area contributed by atoms with Crippen molar-refractivity contribution in [2.24, 2.45) is 7.05 Å². The minimum Gasteiger partial charge on any atom is -0.479 e. The van der Waals surface area contributed by atoms with E-state index in [-0.39, 0.29) is 23.9 Å². The largest absolute Gasteiger partial charge is 0.479 e. The molecule has 2 aromatic heterocycles. The van der Waals surface area contributed by atoms with Gasteiger partial charge in [-0.05, 0) is 12.1 Å². The van der Waals surface area contributed by atoms with E-state index in [1.165, 1.54) is 18.0 Å². The second-order valence-corrected chi connectivity index (χ2v) is 7.90. The van der Waals surface area contributed by atoms with Gasteiger partial charge in [-0.15, -0.1) is 5.10 Å². The molecule has 2 amide bonds. The fraction of sp³-hybridized carbons (Fsp3) is 0.409. The van der Waals surface area contributed by atoms with Crippen LogP contribution in [0, 0.1) is 0 Å². The Morgan fingerprint density at radius 1 is 1.15 bits per heavy atom. The molecule has 174 valence electrons. The molecule has 11 heteroatoms. The van der Waals surface area contributed by atoms with Crippen molar-refractivity contribution in [1.82, 2.24) is 34.4 Å². The molecule has 33 heavy (non-hydrogen) atoms. The molecule has 0 spiro atoms. The lowest BCUT2D eigenvalue weighted by Crippen LogP contribution is -2.50. The molecule has 4 rings (SSSR count). The Labute approximate surface area is 190 Å². The molecule has 0 unspecified atom stereocenters. The van der Waals surface area contributed by atoms with Crippen molar-refractivity contribution in [2.75, 3.05) is 46.4 Å². The molecular weight excluding hydrogens is 426 g/mol. The molecule has 1 fully saturated rings. The van der Waals surface area contributed by atoms with E-state index in [4.69, 9.17) is 4.74 Å². The topological polar surface area (TPSA) is 115 Å². The summed E-state index contributed by atoms with van der Waals surface area (Å²) in [4.78, 5) is 45.8. The Morgan fingerprint density at radius 3 is 2.67 bits per heavy atom. The summed E-state index contributed by atoms with van der Waals surface area (Å²) >= 11 is 0. The van der Waals surface area contributed by atoms with Gasteiger partial charge in [-0.3, -0.25) is 28.5 Å². The summed E-state index contributed by atoms with van der Waals surface area (Å²) < 4.78 is 8.07. The number of aromatic nitrogens is 4. The molecule has 0 bridgehead atoms. The molecule has 0 atom stereocenters. The van der Waals surface area contributed by atoms with Crippen LogP contribution in [0.2, 0.25) is 0 Å². The van der Waals surface area contributed by atoms with Crippen molar-refractivity contribution in [3.63, 3.8) is 0 Å². The second kappa shape index (κ2) is 9.82. The number of hydrogen-bond donors (Lipinski definition) is 1. The van der Waals surface area contributed by atoms with Crippen molar-refractivity contribution in [2.45, 2.75) is 6.54 Å². The molecule has 1 aliphatic heterocycles. The van der Waals surface area contributed by atoms with Gasteiger partial charge in [0.1, 0.15) is 12.1 Å². The number of benzene rings is 1. The van der Waals surface area contributed by atoms with Crippen molar-refractivity contribution in [3.05, 3.63) is 52.7 Å². The lowest BCUT2D eigenvalue weighted by atomic mass is 10.2. The standard InChI is InChI=1S/C22H27N7O4/c1-26-13-17(20(25-26)33-2)22(32)28-11-9-27(10-12-28)8-7-23-19(30)14-29-15-24-18-6-4-3-5-16(18)21(29)31/h3-6,13,15H,7-12,14H2,1-2H3,(H,23,30). The summed E-state index contributed by atoms with van der Waals surface area (Å²) in [6, 6.07) is 7.06. The SMILES string of the molecule is COc1nn(C)cc1C(=O)N1CCN(CCNC(=O)Cn2cnc3ccccc3c2=O)CC1. The van der Waals surface area contributed by atoms with E-state index in [2.05, 4.69) is 20.3 Å². The molecule has 1 saturated heterocycles. The number of aryl methyl sites for hydroxylation is 1. The first kappa shape index (κ1) is 22.5. The van der Waals surface area contributed by atoms with Gasteiger partial charge in [0, 0.05) is 52.5 Å². The number of hydrogen-bond acceptors (Lipinski definition) is 7. The minimum absolute atomic E-state index is 0.0775. The number of carbonyl (C=O) groups excluding carboxylic acids is 2. The molecule has 0 saturated carbocycles. The van der Waals surface area contributed by atoms with Gasteiger partial charge in [0.05, 0.1) is 24.3 Å². The Morgan fingerprint density at radius 2 is 1.91 bits per heavy atom. The average molecular weight is 454 g/mol. The third-order valence-electron chi connectivity index (χ3n) is 5.67. The van der Waals surface area contributed by atoms with Crippen LogP contribution in [0.1, 0.15) is 10.4 Å². The van der Waals surface area contributed by atoms with E-state index >= 15 is 0 Å². The highest BCUT2D eigenvalue weighted by molar-refractivity contribution is 5.96. The van der Waals surface area contributed by atoms with Crippen LogP contribution in [0.5, 0.6) is 5.88 Å². The van der Waals surface area contributed by atoms with Gasteiger partial charge in [-0.1, -0.05) is 12.1 Å². The zero-order valence-electron chi connectivity index (χ0n) is 18.7. The molecule has 11 nitrogen and oxygen atoms in total. The number of rotatable bonds is 7. The first-order chi connectivity index (χ1) is 16.0. The number of fused-ring (bicyclic) bond motifs is 1. The number of nitrogens with zero attached hydrogens (tertiary/aromatic N) is 6. The molecule has 1 N–H and O–H groups in total. The maximum atomic E-state index is 12.8. The van der Waals surface area contributed by atoms with E-state index in [9.17, 15) is 14.4 Å². The molecule has 3 heterocycles. The Balaban J connectivity index is 1.23. The fourth-order valence-electron chi connectivity index (χ4n) is 3.89. The molecule has 0 aliphatic carbocycles. The second-order valence-electron chi connectivity index (χ2n) is 7.90. The number of amides is 2. The fourth-order valence-corrected chi connectivity index (χ4v) is 3.89. The minimum atomic E-state index is -0.244. The van der Waals surface area contributed by atoms with Crippen molar-refractivity contribution >= 4 is 22.7 Å². The number of nitrogens with one attached hydrogen (secondary N) is 1. The van der Waals surface area contributed by atoms with Crippen LogP contribution < -0.4 is 15.6 Å². The summed E-state index contributed by atoms with van der Waals surface area (Å²) in [5.41, 5.74) is 0.833. The zero-order valence-corrected chi connectivity index (χ0v) is 18.7. The molecule has 0 radical (unpaired) electrons. The number of carbonyl (C=O) groups is 2. The highest BCUT2D eigenvalue weighted by Gasteiger charge is 2.26. The average Bonchev–Trinajstić information content (AvgIpc) is 3.22.